The Morgan fingerprint density at radius 3 is 2.50 bits per heavy atom. The van der Waals surface area contributed by atoms with Crippen LogP contribution in [0.25, 0.3) is 0 Å². The van der Waals surface area contributed by atoms with Crippen LogP contribution in [0.5, 0.6) is 0 Å². The topological polar surface area (TPSA) is 73.8 Å². The van der Waals surface area contributed by atoms with Crippen molar-refractivity contribution in [3.63, 3.8) is 0 Å². The number of nitrogens with one attached hydrogen (secondary N) is 2. The molecule has 1 fully saturated rings. The fourth-order valence-corrected chi connectivity index (χ4v) is 4.67. The van der Waals surface area contributed by atoms with Gasteiger partial charge in [0.25, 0.3) is 0 Å². The first-order valence-corrected chi connectivity index (χ1v) is 11.5. The molecular formula is C15H33IN4O2S2. The Kier molecular flexibility index (Phi) is 13.6. The second-order valence-corrected chi connectivity index (χ2v) is 8.91. The van der Waals surface area contributed by atoms with Gasteiger partial charge < -0.3 is 10.6 Å². The molecule has 1 aliphatic rings. The van der Waals surface area contributed by atoms with E-state index in [0.29, 0.717) is 25.6 Å². The molecule has 0 amide bonds. The van der Waals surface area contributed by atoms with Crippen molar-refractivity contribution in [2.24, 2.45) is 4.99 Å². The van der Waals surface area contributed by atoms with Crippen LogP contribution in [0.4, 0.5) is 0 Å². The highest BCUT2D eigenvalue weighted by Crippen LogP contribution is 2.15. The van der Waals surface area contributed by atoms with E-state index in [0.717, 1.165) is 31.8 Å². The fraction of sp³-hybridized carbons (Fsp3) is 0.933. The molecule has 0 bridgehead atoms. The molecule has 0 aromatic heterocycles. The van der Waals surface area contributed by atoms with E-state index in [4.69, 9.17) is 0 Å². The third kappa shape index (κ3) is 9.10. The average Bonchev–Trinajstić information content (AvgIpc) is 2.54. The third-order valence-electron chi connectivity index (χ3n) is 3.94. The van der Waals surface area contributed by atoms with Crippen molar-refractivity contribution in [3.8, 4) is 0 Å². The zero-order valence-electron chi connectivity index (χ0n) is 15.1. The molecule has 1 rings (SSSR count). The Hall–Kier alpha value is 0.260. The van der Waals surface area contributed by atoms with Crippen molar-refractivity contribution < 1.29 is 8.42 Å². The van der Waals surface area contributed by atoms with Gasteiger partial charge in [-0.15, -0.1) is 24.0 Å². The number of halogens is 1. The second-order valence-electron chi connectivity index (χ2n) is 5.83. The highest BCUT2D eigenvalue weighted by atomic mass is 127. The van der Waals surface area contributed by atoms with Crippen LogP contribution in [0.1, 0.15) is 39.0 Å². The molecule has 0 unspecified atom stereocenters. The van der Waals surface area contributed by atoms with Gasteiger partial charge >= 0.3 is 0 Å². The number of unbranched alkanes of at least 4 members (excludes halogenated alkanes) is 1. The van der Waals surface area contributed by atoms with Gasteiger partial charge in [-0.25, -0.2) is 12.7 Å². The van der Waals surface area contributed by atoms with Crippen LogP contribution in [0.2, 0.25) is 0 Å². The maximum Gasteiger partial charge on any atom is 0.214 e. The zero-order valence-corrected chi connectivity index (χ0v) is 19.0. The van der Waals surface area contributed by atoms with Crippen LogP contribution in [0.15, 0.2) is 4.99 Å². The summed E-state index contributed by atoms with van der Waals surface area (Å²) in [5, 5.41) is 6.75. The molecule has 1 heterocycles. The molecular weight excluding hydrogens is 459 g/mol. The summed E-state index contributed by atoms with van der Waals surface area (Å²) in [5.74, 6) is 2.27. The monoisotopic (exact) mass is 492 g/mol. The number of guanidine groups is 1. The minimum atomic E-state index is -3.06. The number of hydrogen-bond donors (Lipinski definition) is 2. The minimum absolute atomic E-state index is 0. The summed E-state index contributed by atoms with van der Waals surface area (Å²) in [6.45, 7) is 4.03. The fourth-order valence-electron chi connectivity index (χ4n) is 2.63. The van der Waals surface area contributed by atoms with Crippen LogP contribution < -0.4 is 10.6 Å². The number of aliphatic imine (C=N–C) groups is 1. The van der Waals surface area contributed by atoms with E-state index in [1.807, 2.05) is 18.7 Å². The number of rotatable bonds is 9. The van der Waals surface area contributed by atoms with Crippen LogP contribution in [-0.2, 0) is 10.0 Å². The standard InChI is InChI=1S/C15H32N4O2S2.HI/c1-4-13-23(20,21)19-10-7-14(8-11-19)18-15(16-2)17-9-5-6-12-22-3;/h14H,4-13H2,1-3H3,(H2,16,17,18);1H. The summed E-state index contributed by atoms with van der Waals surface area (Å²) < 4.78 is 25.8. The Balaban J connectivity index is 0.00000529. The Morgan fingerprint density at radius 2 is 1.96 bits per heavy atom. The van der Waals surface area contributed by atoms with Crippen molar-refractivity contribution in [2.75, 3.05) is 44.4 Å². The lowest BCUT2D eigenvalue weighted by molar-refractivity contribution is 0.306. The van der Waals surface area contributed by atoms with E-state index in [-0.39, 0.29) is 29.7 Å². The van der Waals surface area contributed by atoms with E-state index < -0.39 is 10.0 Å². The van der Waals surface area contributed by atoms with Crippen molar-refractivity contribution in [2.45, 2.75) is 45.1 Å². The first-order chi connectivity index (χ1) is 11.0. The molecule has 0 radical (unpaired) electrons. The average molecular weight is 492 g/mol. The van der Waals surface area contributed by atoms with Gasteiger partial charge in [0.05, 0.1) is 5.75 Å². The molecule has 0 saturated carbocycles. The number of sulfonamides is 1. The largest absolute Gasteiger partial charge is 0.356 e. The van der Waals surface area contributed by atoms with Gasteiger partial charge in [0.2, 0.25) is 10.0 Å². The molecule has 0 aromatic carbocycles. The second kappa shape index (κ2) is 13.5. The smallest absolute Gasteiger partial charge is 0.214 e. The molecule has 0 aromatic rings. The predicted octanol–water partition coefficient (Wildman–Crippen LogP) is 2.12. The van der Waals surface area contributed by atoms with Gasteiger partial charge in [0.15, 0.2) is 5.96 Å². The molecule has 0 spiro atoms. The van der Waals surface area contributed by atoms with E-state index in [9.17, 15) is 8.42 Å². The summed E-state index contributed by atoms with van der Waals surface area (Å²) in [7, 11) is -1.28. The van der Waals surface area contributed by atoms with Crippen LogP contribution >= 0.6 is 35.7 Å². The Labute approximate surface area is 169 Å². The normalized spacial score (nSPS) is 17.4. The minimum Gasteiger partial charge on any atom is -0.356 e. The molecule has 6 nitrogen and oxygen atoms in total. The maximum absolute atomic E-state index is 12.1. The van der Waals surface area contributed by atoms with Crippen LogP contribution in [0.3, 0.4) is 0 Å². The Bertz CT molecular complexity index is 452. The summed E-state index contributed by atoms with van der Waals surface area (Å²) in [5.41, 5.74) is 0. The van der Waals surface area contributed by atoms with E-state index >= 15 is 0 Å². The van der Waals surface area contributed by atoms with Gasteiger partial charge in [0.1, 0.15) is 0 Å². The Morgan fingerprint density at radius 1 is 1.29 bits per heavy atom. The third-order valence-corrected chi connectivity index (χ3v) is 6.71. The number of piperidine rings is 1. The summed E-state index contributed by atoms with van der Waals surface area (Å²) in [4.78, 5) is 4.25. The quantitative estimate of drug-likeness (QED) is 0.223. The lowest BCUT2D eigenvalue weighted by Gasteiger charge is -2.32. The van der Waals surface area contributed by atoms with E-state index in [1.54, 1.807) is 11.4 Å². The first kappa shape index (κ1) is 24.3. The highest BCUT2D eigenvalue weighted by molar-refractivity contribution is 14.0. The number of thioether (sulfide) groups is 1. The SMILES string of the molecule is CCCS(=O)(=O)N1CCC(NC(=NC)NCCCCSC)CC1.I. The predicted molar refractivity (Wildman–Crippen MR) is 116 cm³/mol. The molecule has 2 N–H and O–H groups in total. The molecule has 0 atom stereocenters. The van der Waals surface area contributed by atoms with Gasteiger partial charge in [-0.3, -0.25) is 4.99 Å². The van der Waals surface area contributed by atoms with Crippen molar-refractivity contribution >= 4 is 51.7 Å². The molecule has 1 aliphatic heterocycles. The van der Waals surface area contributed by atoms with Gasteiger partial charge in [-0.05, 0) is 44.1 Å². The lowest BCUT2D eigenvalue weighted by Crippen LogP contribution is -2.50. The van der Waals surface area contributed by atoms with Crippen molar-refractivity contribution in [3.05, 3.63) is 0 Å². The highest BCUT2D eigenvalue weighted by Gasteiger charge is 2.27. The first-order valence-electron chi connectivity index (χ1n) is 8.47. The van der Waals surface area contributed by atoms with Gasteiger partial charge in [-0.2, -0.15) is 11.8 Å². The molecule has 1 saturated heterocycles. The van der Waals surface area contributed by atoms with Crippen LogP contribution in [0, 0.1) is 0 Å². The molecule has 144 valence electrons. The molecule has 9 heteroatoms. The van der Waals surface area contributed by atoms with E-state index in [2.05, 4.69) is 21.9 Å². The lowest BCUT2D eigenvalue weighted by atomic mass is 10.1. The zero-order chi connectivity index (χ0) is 17.1. The molecule has 0 aliphatic carbocycles. The summed E-state index contributed by atoms with van der Waals surface area (Å²) >= 11 is 1.87. The summed E-state index contributed by atoms with van der Waals surface area (Å²) in [6, 6.07) is 0.292. The summed E-state index contributed by atoms with van der Waals surface area (Å²) in [6.07, 6.45) is 6.80. The van der Waals surface area contributed by atoms with Crippen LogP contribution in [-0.4, -0.2) is 69.2 Å². The number of nitrogens with zero attached hydrogens (tertiary/aromatic N) is 2. The molecule has 24 heavy (non-hydrogen) atoms. The van der Waals surface area contributed by atoms with Crippen molar-refractivity contribution in [1.29, 1.82) is 0 Å². The van der Waals surface area contributed by atoms with Gasteiger partial charge in [-0.1, -0.05) is 6.92 Å². The van der Waals surface area contributed by atoms with E-state index in [1.165, 1.54) is 12.2 Å². The maximum atomic E-state index is 12.1. The number of hydrogen-bond acceptors (Lipinski definition) is 4. The van der Waals surface area contributed by atoms with Gasteiger partial charge in [0, 0.05) is 32.7 Å². The van der Waals surface area contributed by atoms with Crippen molar-refractivity contribution in [1.82, 2.24) is 14.9 Å².